The third kappa shape index (κ3) is 8.25. The lowest BCUT2D eigenvalue weighted by molar-refractivity contribution is 0.113. The van der Waals surface area contributed by atoms with Crippen molar-refractivity contribution in [2.24, 2.45) is 5.92 Å². The van der Waals surface area contributed by atoms with Crippen molar-refractivity contribution in [1.29, 1.82) is 0 Å². The largest absolute Gasteiger partial charge is 0.519 e. The molecule has 1 aliphatic rings. The van der Waals surface area contributed by atoms with Crippen LogP contribution in [0.2, 0.25) is 0 Å². The zero-order chi connectivity index (χ0) is 21.3. The quantitative estimate of drug-likeness (QED) is 0.350. The number of carbonyl (C=O) groups is 2. The van der Waals surface area contributed by atoms with E-state index in [-0.39, 0.29) is 13.2 Å². The highest BCUT2D eigenvalue weighted by atomic mass is 32.3. The fourth-order valence-electron chi connectivity index (χ4n) is 2.64. The van der Waals surface area contributed by atoms with Gasteiger partial charge in [0.15, 0.2) is 0 Å². The molecular formula is C21H33NO5S. The molecule has 0 fully saturated rings. The Kier molecular flexibility index (Phi) is 9.38. The van der Waals surface area contributed by atoms with E-state index in [0.29, 0.717) is 22.3 Å². The topological polar surface area (TPSA) is 73.9 Å². The van der Waals surface area contributed by atoms with Crippen molar-refractivity contribution in [3.8, 4) is 0 Å². The van der Waals surface area contributed by atoms with Crippen LogP contribution in [-0.2, 0) is 13.7 Å². The highest BCUT2D eigenvalue weighted by molar-refractivity contribution is 8.29. The third-order valence-electron chi connectivity index (χ3n) is 4.70. The molecule has 0 spiro atoms. The molecule has 0 aromatic carbocycles. The molecule has 1 N–H and O–H groups in total. The van der Waals surface area contributed by atoms with Crippen LogP contribution in [-0.4, -0.2) is 50.3 Å². The van der Waals surface area contributed by atoms with Gasteiger partial charge in [-0.1, -0.05) is 54.2 Å². The second-order valence-electron chi connectivity index (χ2n) is 7.35. The summed E-state index contributed by atoms with van der Waals surface area (Å²) in [7, 11) is -0.0850. The summed E-state index contributed by atoms with van der Waals surface area (Å²) in [6.07, 6.45) is 10.3. The van der Waals surface area contributed by atoms with Gasteiger partial charge in [-0.05, 0) is 49.3 Å². The standard InChI is InChI=1S/C21H33NO5S/c1-15(13-25-20(23)22-5)8-9-16(2)14-26-21(24)27-28(6,7)19-11-10-17(3)18(4)12-19/h8-10,18-19H,1-2,11-14H2,3-7H3,(H,22,23)/b9-8-. The maximum atomic E-state index is 12.1. The van der Waals surface area contributed by atoms with Gasteiger partial charge in [0.25, 0.3) is 0 Å². The van der Waals surface area contributed by atoms with Gasteiger partial charge in [0.2, 0.25) is 0 Å². The summed E-state index contributed by atoms with van der Waals surface area (Å²) < 4.78 is 15.7. The van der Waals surface area contributed by atoms with Gasteiger partial charge < -0.3 is 19.0 Å². The van der Waals surface area contributed by atoms with E-state index >= 15 is 0 Å². The molecule has 0 saturated carbocycles. The Bertz CT molecular complexity index is 666. The lowest BCUT2D eigenvalue weighted by atomic mass is 9.90. The Labute approximate surface area is 170 Å². The van der Waals surface area contributed by atoms with Gasteiger partial charge in [0, 0.05) is 12.3 Å². The first-order chi connectivity index (χ1) is 13.0. The highest BCUT2D eigenvalue weighted by Crippen LogP contribution is 2.52. The number of hydrogen-bond acceptors (Lipinski definition) is 5. The van der Waals surface area contributed by atoms with Crippen LogP contribution in [0.5, 0.6) is 0 Å². The molecule has 1 rings (SSSR count). The molecule has 7 heteroatoms. The van der Waals surface area contributed by atoms with Gasteiger partial charge in [0.1, 0.15) is 13.2 Å². The SMILES string of the molecule is C=C(/C=C\C(=C)COC(=O)OS(C)(C)C1CC=C(C)C(C)C1)COC(=O)NC. The first kappa shape index (κ1) is 23.9. The monoisotopic (exact) mass is 411 g/mol. The van der Waals surface area contributed by atoms with Crippen LogP contribution >= 0.6 is 10.3 Å². The van der Waals surface area contributed by atoms with Gasteiger partial charge in [-0.3, -0.25) is 0 Å². The zero-order valence-electron chi connectivity index (χ0n) is 17.6. The van der Waals surface area contributed by atoms with Crippen LogP contribution in [0.4, 0.5) is 9.59 Å². The summed E-state index contributed by atoms with van der Waals surface area (Å²) in [4.78, 5) is 23.1. The zero-order valence-corrected chi connectivity index (χ0v) is 18.4. The summed E-state index contributed by atoms with van der Waals surface area (Å²) in [6.45, 7) is 12.0. The van der Waals surface area contributed by atoms with Gasteiger partial charge in [-0.2, -0.15) is 0 Å². The second-order valence-corrected chi connectivity index (χ2v) is 10.8. The number of carbonyl (C=O) groups excluding carboxylic acids is 2. The molecule has 0 radical (unpaired) electrons. The van der Waals surface area contributed by atoms with E-state index in [1.807, 2.05) is 12.5 Å². The van der Waals surface area contributed by atoms with Gasteiger partial charge in [-0.25, -0.2) is 9.59 Å². The molecule has 0 saturated heterocycles. The average Bonchev–Trinajstić information content (AvgIpc) is 2.64. The maximum absolute atomic E-state index is 12.1. The lowest BCUT2D eigenvalue weighted by Crippen LogP contribution is -2.26. The maximum Gasteiger partial charge on any atom is 0.519 e. The minimum atomic E-state index is -1.57. The molecule has 0 heterocycles. The van der Waals surface area contributed by atoms with Crippen molar-refractivity contribution >= 4 is 22.6 Å². The number of nitrogens with one attached hydrogen (secondary N) is 1. The molecule has 2 atom stereocenters. The predicted molar refractivity (Wildman–Crippen MR) is 116 cm³/mol. The fraction of sp³-hybridized carbons (Fsp3) is 0.524. The fourth-order valence-corrected chi connectivity index (χ4v) is 4.49. The second kappa shape index (κ2) is 11.0. The van der Waals surface area contributed by atoms with Crippen molar-refractivity contribution < 1.29 is 23.2 Å². The number of rotatable bonds is 8. The van der Waals surface area contributed by atoms with Crippen LogP contribution < -0.4 is 5.32 Å². The van der Waals surface area contributed by atoms with E-state index in [0.717, 1.165) is 12.8 Å². The number of alkyl carbamates (subject to hydrolysis) is 1. The van der Waals surface area contributed by atoms with E-state index in [2.05, 4.69) is 38.4 Å². The number of allylic oxidation sites excluding steroid dienone is 2. The van der Waals surface area contributed by atoms with Crippen molar-refractivity contribution in [2.45, 2.75) is 31.9 Å². The van der Waals surface area contributed by atoms with Crippen LogP contribution in [0.25, 0.3) is 0 Å². The predicted octanol–water partition coefficient (Wildman–Crippen LogP) is 4.89. The Morgan fingerprint density at radius 3 is 2.32 bits per heavy atom. The Morgan fingerprint density at radius 1 is 1.21 bits per heavy atom. The Morgan fingerprint density at radius 2 is 1.79 bits per heavy atom. The van der Waals surface area contributed by atoms with E-state index in [9.17, 15) is 9.59 Å². The van der Waals surface area contributed by atoms with Crippen molar-refractivity contribution in [3.05, 3.63) is 48.1 Å². The minimum absolute atomic E-state index is 0.0223. The molecule has 2 unspecified atom stereocenters. The lowest BCUT2D eigenvalue weighted by Gasteiger charge is -2.41. The van der Waals surface area contributed by atoms with E-state index in [1.54, 1.807) is 12.2 Å². The smallest absolute Gasteiger partial charge is 0.445 e. The highest BCUT2D eigenvalue weighted by Gasteiger charge is 2.32. The minimum Gasteiger partial charge on any atom is -0.445 e. The van der Waals surface area contributed by atoms with Crippen molar-refractivity contribution in [1.82, 2.24) is 5.32 Å². The molecule has 1 aliphatic carbocycles. The summed E-state index contributed by atoms with van der Waals surface area (Å²) >= 11 is 0. The number of hydrogen-bond donors (Lipinski definition) is 1. The average molecular weight is 412 g/mol. The van der Waals surface area contributed by atoms with Crippen LogP contribution in [0, 0.1) is 5.92 Å². The molecule has 0 bridgehead atoms. The molecule has 28 heavy (non-hydrogen) atoms. The summed E-state index contributed by atoms with van der Waals surface area (Å²) in [5.41, 5.74) is 2.57. The van der Waals surface area contributed by atoms with Crippen molar-refractivity contribution in [2.75, 3.05) is 32.8 Å². The van der Waals surface area contributed by atoms with Crippen LogP contribution in [0.15, 0.2) is 48.1 Å². The first-order valence-corrected chi connectivity index (χ1v) is 11.6. The Balaban J connectivity index is 2.40. The summed E-state index contributed by atoms with van der Waals surface area (Å²) in [6, 6.07) is 0. The van der Waals surface area contributed by atoms with Crippen LogP contribution in [0.3, 0.4) is 0 Å². The molecule has 1 amide bonds. The van der Waals surface area contributed by atoms with Gasteiger partial charge in [-0.15, -0.1) is 0 Å². The molecule has 6 nitrogen and oxygen atoms in total. The molecule has 0 aromatic rings. The van der Waals surface area contributed by atoms with Crippen molar-refractivity contribution in [3.63, 3.8) is 0 Å². The van der Waals surface area contributed by atoms with Gasteiger partial charge in [0.05, 0.1) is 0 Å². The van der Waals surface area contributed by atoms with E-state index in [1.165, 1.54) is 12.6 Å². The van der Waals surface area contributed by atoms with Crippen LogP contribution in [0.1, 0.15) is 26.7 Å². The van der Waals surface area contributed by atoms with Gasteiger partial charge >= 0.3 is 12.2 Å². The normalized spacial score (nSPS) is 20.1. The summed E-state index contributed by atoms with van der Waals surface area (Å²) in [5.74, 6) is 0.510. The summed E-state index contributed by atoms with van der Waals surface area (Å²) in [5, 5.41) is 2.69. The van der Waals surface area contributed by atoms with E-state index in [4.69, 9.17) is 13.7 Å². The molecule has 0 aliphatic heterocycles. The first-order valence-electron chi connectivity index (χ1n) is 9.18. The van der Waals surface area contributed by atoms with E-state index < -0.39 is 22.6 Å². The number of ether oxygens (including phenoxy) is 2. The third-order valence-corrected chi connectivity index (χ3v) is 7.26. The molecule has 158 valence electrons. The molecule has 0 aromatic heterocycles. The Hall–Kier alpha value is -2.15. The number of amides is 1. The molecular weight excluding hydrogens is 378 g/mol.